The Morgan fingerprint density at radius 1 is 1.67 bits per heavy atom. The number of hydrogen-bond acceptors (Lipinski definition) is 2. The smallest absolute Gasteiger partial charge is 0.320 e. The minimum absolute atomic E-state index is 0.357. The number of rotatable bonds is 3. The molecule has 0 amide bonds. The lowest BCUT2D eigenvalue weighted by molar-refractivity contribution is -0.138. The van der Waals surface area contributed by atoms with E-state index in [0.29, 0.717) is 12.3 Å². The summed E-state index contributed by atoms with van der Waals surface area (Å²) in [5.41, 5.74) is 5.22. The molecule has 0 saturated heterocycles. The molecule has 0 aromatic heterocycles. The van der Waals surface area contributed by atoms with Crippen molar-refractivity contribution in [3.63, 3.8) is 0 Å². The van der Waals surface area contributed by atoms with Crippen LogP contribution in [-0.4, -0.2) is 17.1 Å². The van der Waals surface area contributed by atoms with Crippen LogP contribution in [0.5, 0.6) is 0 Å². The molecule has 0 saturated carbocycles. The summed E-state index contributed by atoms with van der Waals surface area (Å²) in [5.74, 6) is -0.556. The highest BCUT2D eigenvalue weighted by Gasteiger charge is 2.11. The maximum Gasteiger partial charge on any atom is 0.320 e. The fourth-order valence-corrected chi connectivity index (χ4v) is 0.609. The molecule has 0 aliphatic heterocycles. The quantitative estimate of drug-likeness (QED) is 0.587. The Labute approximate surface area is 54.9 Å². The molecule has 0 spiro atoms. The van der Waals surface area contributed by atoms with Gasteiger partial charge in [0.15, 0.2) is 0 Å². The average Bonchev–Trinajstić information content (AvgIpc) is 1.63. The van der Waals surface area contributed by atoms with Gasteiger partial charge in [-0.15, -0.1) is 0 Å². The summed E-state index contributed by atoms with van der Waals surface area (Å²) >= 11 is 0. The van der Waals surface area contributed by atoms with Gasteiger partial charge in [0.05, 0.1) is 0 Å². The van der Waals surface area contributed by atoms with Gasteiger partial charge in [0, 0.05) is 0 Å². The molecule has 0 rings (SSSR count). The van der Waals surface area contributed by atoms with E-state index in [-0.39, 0.29) is 0 Å². The van der Waals surface area contributed by atoms with Gasteiger partial charge < -0.3 is 10.8 Å². The van der Waals surface area contributed by atoms with E-state index < -0.39 is 12.0 Å². The molecule has 9 heavy (non-hydrogen) atoms. The second-order valence-electron chi connectivity index (χ2n) is 2.57. The molecular weight excluding hydrogens is 120 g/mol. The Hall–Kier alpha value is -0.570. The zero-order valence-corrected chi connectivity index (χ0v) is 5.79. The lowest BCUT2D eigenvalue weighted by atomic mass is 10.1. The van der Waals surface area contributed by atoms with Gasteiger partial charge in [-0.2, -0.15) is 0 Å². The fourth-order valence-electron chi connectivity index (χ4n) is 0.609. The molecule has 1 unspecified atom stereocenters. The minimum atomic E-state index is -0.913. The highest BCUT2D eigenvalue weighted by Crippen LogP contribution is 2.01. The standard InChI is InChI=1S/C6H13NO2/c1-4(2)3-5(7)6(8)9/h4-5H,3,7H2,1-2H3,(H,8,9)/i6+2. The molecule has 0 heterocycles. The Balaban J connectivity index is 3.50. The van der Waals surface area contributed by atoms with Crippen molar-refractivity contribution in [2.75, 3.05) is 0 Å². The molecule has 0 aliphatic carbocycles. The van der Waals surface area contributed by atoms with Crippen LogP contribution in [0.3, 0.4) is 0 Å². The third-order valence-corrected chi connectivity index (χ3v) is 1.04. The zero-order valence-electron chi connectivity index (χ0n) is 5.79. The molecule has 0 bridgehead atoms. The van der Waals surface area contributed by atoms with Crippen LogP contribution >= 0.6 is 0 Å². The topological polar surface area (TPSA) is 63.3 Å². The Bertz CT molecular complexity index is 101. The van der Waals surface area contributed by atoms with Crippen LogP contribution in [0.25, 0.3) is 0 Å². The largest absolute Gasteiger partial charge is 0.480 e. The normalized spacial score (nSPS) is 13.8. The Morgan fingerprint density at radius 3 is 2.22 bits per heavy atom. The molecule has 3 N–H and O–H groups in total. The predicted molar refractivity (Wildman–Crippen MR) is 35.1 cm³/mol. The first-order chi connectivity index (χ1) is 4.04. The van der Waals surface area contributed by atoms with Crippen molar-refractivity contribution in [2.45, 2.75) is 26.3 Å². The highest BCUT2D eigenvalue weighted by atomic mass is 16.6. The van der Waals surface area contributed by atoms with E-state index in [9.17, 15) is 4.79 Å². The molecule has 0 aromatic carbocycles. The molecular formula is C6H13NO2. The summed E-state index contributed by atoms with van der Waals surface area (Å²) in [7, 11) is 0. The number of aliphatic carboxylic acids is 1. The maximum absolute atomic E-state index is 10.1. The van der Waals surface area contributed by atoms with Gasteiger partial charge in [0.1, 0.15) is 6.04 Å². The predicted octanol–water partition coefficient (Wildman–Crippen LogP) is 0.444. The van der Waals surface area contributed by atoms with E-state index in [0.717, 1.165) is 0 Å². The first-order valence-corrected chi connectivity index (χ1v) is 3.02. The lowest BCUT2D eigenvalue weighted by Gasteiger charge is -2.07. The van der Waals surface area contributed by atoms with Crippen LogP contribution in [0, 0.1) is 5.92 Å². The maximum atomic E-state index is 10.1. The summed E-state index contributed by atoms with van der Waals surface area (Å²) in [6.45, 7) is 3.89. The third kappa shape index (κ3) is 3.97. The molecule has 3 heteroatoms. The van der Waals surface area contributed by atoms with Crippen molar-refractivity contribution in [1.29, 1.82) is 0 Å². The van der Waals surface area contributed by atoms with Gasteiger partial charge in [-0.05, 0) is 12.3 Å². The molecule has 3 nitrogen and oxygen atoms in total. The van der Waals surface area contributed by atoms with Crippen LogP contribution in [0.15, 0.2) is 0 Å². The number of hydrogen-bond donors (Lipinski definition) is 2. The van der Waals surface area contributed by atoms with Crippen molar-refractivity contribution in [3.05, 3.63) is 0 Å². The number of carboxylic acids is 1. The van der Waals surface area contributed by atoms with Gasteiger partial charge in [-0.25, -0.2) is 0 Å². The first kappa shape index (κ1) is 8.43. The van der Waals surface area contributed by atoms with Gasteiger partial charge in [-0.1, -0.05) is 13.8 Å². The van der Waals surface area contributed by atoms with Crippen LogP contribution in [0.2, 0.25) is 0 Å². The molecule has 0 radical (unpaired) electrons. The van der Waals surface area contributed by atoms with E-state index in [4.69, 9.17) is 10.8 Å². The van der Waals surface area contributed by atoms with Gasteiger partial charge >= 0.3 is 5.97 Å². The zero-order chi connectivity index (χ0) is 7.44. The van der Waals surface area contributed by atoms with Crippen molar-refractivity contribution in [2.24, 2.45) is 11.7 Å². The molecule has 1 atom stereocenters. The highest BCUT2D eigenvalue weighted by molar-refractivity contribution is 5.72. The summed E-state index contributed by atoms with van der Waals surface area (Å²) in [4.78, 5) is 10.1. The van der Waals surface area contributed by atoms with Crippen molar-refractivity contribution < 1.29 is 9.90 Å². The van der Waals surface area contributed by atoms with Crippen molar-refractivity contribution >= 4 is 5.97 Å². The van der Waals surface area contributed by atoms with Gasteiger partial charge in [0.25, 0.3) is 0 Å². The third-order valence-electron chi connectivity index (χ3n) is 1.04. The number of carboxylic acid groups (broad SMARTS) is 1. The van der Waals surface area contributed by atoms with E-state index in [1.165, 1.54) is 0 Å². The monoisotopic (exact) mass is 133 g/mol. The lowest BCUT2D eigenvalue weighted by Crippen LogP contribution is -2.31. The summed E-state index contributed by atoms with van der Waals surface area (Å²) in [5, 5.41) is 8.31. The first-order valence-electron chi connectivity index (χ1n) is 3.02. The average molecular weight is 133 g/mol. The van der Waals surface area contributed by atoms with Crippen molar-refractivity contribution in [3.8, 4) is 0 Å². The van der Waals surface area contributed by atoms with E-state index in [1.807, 2.05) is 13.8 Å². The Kier molecular flexibility index (Phi) is 3.24. The van der Waals surface area contributed by atoms with Crippen LogP contribution in [0.1, 0.15) is 20.3 Å². The second-order valence-corrected chi connectivity index (χ2v) is 2.57. The minimum Gasteiger partial charge on any atom is -0.480 e. The molecule has 0 aliphatic rings. The molecule has 54 valence electrons. The molecule has 0 aromatic rings. The SMILES string of the molecule is CC(C)CC(N)[14C](=O)O. The van der Waals surface area contributed by atoms with Crippen LogP contribution in [-0.2, 0) is 4.79 Å². The molecule has 0 fully saturated rings. The Morgan fingerprint density at radius 2 is 2.11 bits per heavy atom. The number of nitrogens with two attached hydrogens (primary N) is 1. The van der Waals surface area contributed by atoms with Crippen molar-refractivity contribution in [1.82, 2.24) is 0 Å². The van der Waals surface area contributed by atoms with Crippen LogP contribution in [0.4, 0.5) is 0 Å². The van der Waals surface area contributed by atoms with Gasteiger partial charge in [0.2, 0.25) is 0 Å². The second kappa shape index (κ2) is 3.45. The van der Waals surface area contributed by atoms with E-state index in [2.05, 4.69) is 0 Å². The van der Waals surface area contributed by atoms with E-state index >= 15 is 0 Å². The van der Waals surface area contributed by atoms with Gasteiger partial charge in [-0.3, -0.25) is 4.79 Å². The summed E-state index contributed by atoms with van der Waals surface area (Å²) in [6, 6.07) is -0.690. The van der Waals surface area contributed by atoms with Crippen LogP contribution < -0.4 is 5.73 Å². The number of carbonyl (C=O) groups is 1. The van der Waals surface area contributed by atoms with E-state index in [1.54, 1.807) is 0 Å². The summed E-state index contributed by atoms with van der Waals surface area (Å²) < 4.78 is 0. The summed E-state index contributed by atoms with van der Waals surface area (Å²) in [6.07, 6.45) is 0.551. The fraction of sp³-hybridized carbons (Fsp3) is 0.833.